The summed E-state index contributed by atoms with van der Waals surface area (Å²) >= 11 is 0. The van der Waals surface area contributed by atoms with Crippen molar-refractivity contribution < 1.29 is 4.79 Å². The van der Waals surface area contributed by atoms with Crippen LogP contribution in [0.2, 0.25) is 0 Å². The standard InChI is InChI=1S/C12H17N3O/c13-11-5-1-2-7-15(12(11)16)9-10-4-3-6-14-8-10/h3-4,6,8,11H,1-2,5,7,9,13H2/t11-/m0/s1. The molecule has 1 atom stereocenters. The van der Waals surface area contributed by atoms with Gasteiger partial charge in [-0.15, -0.1) is 0 Å². The molecule has 16 heavy (non-hydrogen) atoms. The number of carbonyl (C=O) groups is 1. The van der Waals surface area contributed by atoms with E-state index >= 15 is 0 Å². The molecule has 0 aliphatic carbocycles. The summed E-state index contributed by atoms with van der Waals surface area (Å²) in [5.74, 6) is 0.0707. The van der Waals surface area contributed by atoms with Gasteiger partial charge in [0.1, 0.15) is 0 Å². The largest absolute Gasteiger partial charge is 0.337 e. The number of pyridine rings is 1. The van der Waals surface area contributed by atoms with E-state index in [9.17, 15) is 4.79 Å². The molecule has 1 aliphatic rings. The molecule has 1 aromatic rings. The molecular formula is C12H17N3O. The van der Waals surface area contributed by atoms with Crippen LogP contribution in [0.4, 0.5) is 0 Å². The number of aromatic nitrogens is 1. The van der Waals surface area contributed by atoms with E-state index < -0.39 is 0 Å². The van der Waals surface area contributed by atoms with Gasteiger partial charge in [-0.25, -0.2) is 0 Å². The first-order valence-corrected chi connectivity index (χ1v) is 5.70. The van der Waals surface area contributed by atoms with Crippen molar-refractivity contribution in [1.29, 1.82) is 0 Å². The number of nitrogens with zero attached hydrogens (tertiary/aromatic N) is 2. The van der Waals surface area contributed by atoms with Gasteiger partial charge < -0.3 is 10.6 Å². The van der Waals surface area contributed by atoms with Crippen LogP contribution in [0.25, 0.3) is 0 Å². The molecule has 86 valence electrons. The van der Waals surface area contributed by atoms with Gasteiger partial charge in [0.2, 0.25) is 5.91 Å². The highest BCUT2D eigenvalue weighted by molar-refractivity contribution is 5.81. The molecule has 0 spiro atoms. The first-order valence-electron chi connectivity index (χ1n) is 5.70. The van der Waals surface area contributed by atoms with Crippen molar-refractivity contribution in [3.8, 4) is 0 Å². The molecule has 0 bridgehead atoms. The van der Waals surface area contributed by atoms with Crippen LogP contribution in [-0.4, -0.2) is 28.4 Å². The van der Waals surface area contributed by atoms with Crippen molar-refractivity contribution >= 4 is 5.91 Å². The number of hydrogen-bond donors (Lipinski definition) is 1. The lowest BCUT2D eigenvalue weighted by Crippen LogP contribution is -2.41. The maximum atomic E-state index is 11.9. The molecule has 4 nitrogen and oxygen atoms in total. The third kappa shape index (κ3) is 2.58. The van der Waals surface area contributed by atoms with Gasteiger partial charge in [0.05, 0.1) is 6.04 Å². The molecule has 1 amide bonds. The van der Waals surface area contributed by atoms with Gasteiger partial charge in [-0.05, 0) is 30.9 Å². The normalized spacial score (nSPS) is 21.9. The number of rotatable bonds is 2. The van der Waals surface area contributed by atoms with Crippen molar-refractivity contribution in [3.05, 3.63) is 30.1 Å². The number of nitrogens with two attached hydrogens (primary N) is 1. The Morgan fingerprint density at radius 1 is 1.50 bits per heavy atom. The second kappa shape index (κ2) is 5.07. The number of hydrogen-bond acceptors (Lipinski definition) is 3. The Labute approximate surface area is 95.5 Å². The summed E-state index contributed by atoms with van der Waals surface area (Å²) in [6, 6.07) is 3.55. The molecule has 4 heteroatoms. The third-order valence-corrected chi connectivity index (χ3v) is 2.92. The fourth-order valence-electron chi connectivity index (χ4n) is 2.00. The Morgan fingerprint density at radius 3 is 3.12 bits per heavy atom. The van der Waals surface area contributed by atoms with Crippen LogP contribution in [0.15, 0.2) is 24.5 Å². The molecule has 0 unspecified atom stereocenters. The van der Waals surface area contributed by atoms with Gasteiger partial charge in [-0.1, -0.05) is 6.07 Å². The molecule has 1 fully saturated rings. The molecular weight excluding hydrogens is 202 g/mol. The molecule has 0 saturated carbocycles. The van der Waals surface area contributed by atoms with Crippen molar-refractivity contribution in [3.63, 3.8) is 0 Å². The predicted molar refractivity (Wildman–Crippen MR) is 61.5 cm³/mol. The quantitative estimate of drug-likeness (QED) is 0.804. The maximum absolute atomic E-state index is 11.9. The van der Waals surface area contributed by atoms with Gasteiger partial charge in [0.25, 0.3) is 0 Å². The molecule has 0 aromatic carbocycles. The Kier molecular flexibility index (Phi) is 3.51. The molecule has 1 saturated heterocycles. The zero-order chi connectivity index (χ0) is 11.4. The summed E-state index contributed by atoms with van der Waals surface area (Å²) in [5, 5.41) is 0. The fraction of sp³-hybridized carbons (Fsp3) is 0.500. The molecule has 1 aliphatic heterocycles. The second-order valence-electron chi connectivity index (χ2n) is 4.22. The van der Waals surface area contributed by atoms with Crippen LogP contribution in [0.3, 0.4) is 0 Å². The maximum Gasteiger partial charge on any atom is 0.239 e. The summed E-state index contributed by atoms with van der Waals surface area (Å²) in [6.07, 6.45) is 6.42. The zero-order valence-electron chi connectivity index (χ0n) is 9.30. The minimum atomic E-state index is -0.320. The Bertz CT molecular complexity index is 353. The van der Waals surface area contributed by atoms with E-state index in [1.165, 1.54) is 0 Å². The van der Waals surface area contributed by atoms with Gasteiger partial charge in [-0.2, -0.15) is 0 Å². The van der Waals surface area contributed by atoms with Gasteiger partial charge in [0, 0.05) is 25.5 Å². The van der Waals surface area contributed by atoms with Gasteiger partial charge >= 0.3 is 0 Å². The summed E-state index contributed by atoms with van der Waals surface area (Å²) in [4.78, 5) is 17.8. The predicted octanol–water partition coefficient (Wildman–Crippen LogP) is 0.921. The van der Waals surface area contributed by atoms with E-state index in [1.807, 2.05) is 17.0 Å². The highest BCUT2D eigenvalue weighted by Gasteiger charge is 2.23. The van der Waals surface area contributed by atoms with Crippen molar-refractivity contribution in [1.82, 2.24) is 9.88 Å². The minimum absolute atomic E-state index is 0.0707. The lowest BCUT2D eigenvalue weighted by Gasteiger charge is -2.22. The topological polar surface area (TPSA) is 59.2 Å². The highest BCUT2D eigenvalue weighted by Crippen LogP contribution is 2.13. The lowest BCUT2D eigenvalue weighted by molar-refractivity contribution is -0.132. The van der Waals surface area contributed by atoms with Gasteiger partial charge in [0.15, 0.2) is 0 Å². The number of likely N-dealkylation sites (tertiary alicyclic amines) is 1. The average molecular weight is 219 g/mol. The monoisotopic (exact) mass is 219 g/mol. The summed E-state index contributed by atoms with van der Waals surface area (Å²) in [5.41, 5.74) is 6.88. The molecule has 2 rings (SSSR count). The highest BCUT2D eigenvalue weighted by atomic mass is 16.2. The number of amides is 1. The number of carbonyl (C=O) groups excluding carboxylic acids is 1. The molecule has 2 heterocycles. The van der Waals surface area contributed by atoms with Crippen LogP contribution in [-0.2, 0) is 11.3 Å². The lowest BCUT2D eigenvalue weighted by atomic mass is 10.1. The third-order valence-electron chi connectivity index (χ3n) is 2.92. The van der Waals surface area contributed by atoms with Gasteiger partial charge in [-0.3, -0.25) is 9.78 Å². The minimum Gasteiger partial charge on any atom is -0.337 e. The second-order valence-corrected chi connectivity index (χ2v) is 4.22. The Morgan fingerprint density at radius 2 is 2.38 bits per heavy atom. The Hall–Kier alpha value is -1.42. The van der Waals surface area contributed by atoms with E-state index in [-0.39, 0.29) is 11.9 Å². The van der Waals surface area contributed by atoms with Crippen LogP contribution in [0, 0.1) is 0 Å². The first-order chi connectivity index (χ1) is 7.77. The van der Waals surface area contributed by atoms with E-state index in [0.29, 0.717) is 6.54 Å². The van der Waals surface area contributed by atoms with E-state index in [2.05, 4.69) is 4.98 Å². The fourth-order valence-corrected chi connectivity index (χ4v) is 2.00. The molecule has 2 N–H and O–H groups in total. The smallest absolute Gasteiger partial charge is 0.239 e. The summed E-state index contributed by atoms with van der Waals surface area (Å²) in [7, 11) is 0. The van der Waals surface area contributed by atoms with E-state index in [4.69, 9.17) is 5.73 Å². The average Bonchev–Trinajstić information content (AvgIpc) is 2.46. The summed E-state index contributed by atoms with van der Waals surface area (Å²) < 4.78 is 0. The van der Waals surface area contributed by atoms with Crippen molar-refractivity contribution in [2.24, 2.45) is 5.73 Å². The van der Waals surface area contributed by atoms with E-state index in [1.54, 1.807) is 12.4 Å². The first kappa shape index (κ1) is 11.1. The van der Waals surface area contributed by atoms with Crippen molar-refractivity contribution in [2.75, 3.05) is 6.54 Å². The van der Waals surface area contributed by atoms with E-state index in [0.717, 1.165) is 31.4 Å². The van der Waals surface area contributed by atoms with Crippen LogP contribution in [0.1, 0.15) is 24.8 Å². The van der Waals surface area contributed by atoms with Crippen LogP contribution < -0.4 is 5.73 Å². The Balaban J connectivity index is 2.05. The molecule has 0 radical (unpaired) electrons. The van der Waals surface area contributed by atoms with Crippen LogP contribution >= 0.6 is 0 Å². The SMILES string of the molecule is N[C@H]1CCCCN(Cc2cccnc2)C1=O. The van der Waals surface area contributed by atoms with Crippen LogP contribution in [0.5, 0.6) is 0 Å². The zero-order valence-corrected chi connectivity index (χ0v) is 9.30. The summed E-state index contributed by atoms with van der Waals surface area (Å²) in [6.45, 7) is 1.43. The van der Waals surface area contributed by atoms with Crippen molar-refractivity contribution in [2.45, 2.75) is 31.8 Å². The molecule has 1 aromatic heterocycles.